The van der Waals surface area contributed by atoms with Crippen LogP contribution in [0.4, 0.5) is 26.3 Å². The molecular weight excluding hydrogens is 647 g/mol. The van der Waals surface area contributed by atoms with Crippen molar-refractivity contribution in [3.63, 3.8) is 0 Å². The standard InChI is InChI=1S/C31H35F6N3O3.2ClH/c1-21-5-6-23(13-22(21)2)14-27-18-38(7-3-4-8-39-11-12-43-20-28(39)19-41)9-10-40(27)29(42)24-15-25(30(32,33)34)17-26(16-24)31(35,36)37;;/h5-6,13,15-17,27-28,41H,7-12,14,18-20H2,1-2H3;2*1H/t27-,28+;;/m1../s1. The summed E-state index contributed by atoms with van der Waals surface area (Å²) in [5, 5.41) is 9.54. The van der Waals surface area contributed by atoms with E-state index in [0.29, 0.717) is 64.5 Å². The molecule has 0 bridgehead atoms. The Kier molecular flexibility index (Phi) is 14.0. The summed E-state index contributed by atoms with van der Waals surface area (Å²) in [6, 6.07) is 6.22. The summed E-state index contributed by atoms with van der Waals surface area (Å²) >= 11 is 0. The first-order chi connectivity index (χ1) is 20.3. The number of rotatable bonds is 6. The number of piperazine rings is 1. The minimum atomic E-state index is -5.05. The maximum Gasteiger partial charge on any atom is 0.416 e. The molecule has 4 rings (SSSR count). The zero-order valence-electron chi connectivity index (χ0n) is 24.9. The lowest BCUT2D eigenvalue weighted by molar-refractivity contribution is -0.143. The fourth-order valence-corrected chi connectivity index (χ4v) is 5.34. The summed E-state index contributed by atoms with van der Waals surface area (Å²) in [4.78, 5) is 19.0. The van der Waals surface area contributed by atoms with Gasteiger partial charge >= 0.3 is 12.4 Å². The Balaban J connectivity index is 0.00000353. The lowest BCUT2D eigenvalue weighted by Gasteiger charge is -2.41. The molecule has 250 valence electrons. The van der Waals surface area contributed by atoms with Crippen molar-refractivity contribution in [3.8, 4) is 11.8 Å². The molecule has 0 radical (unpaired) electrons. The van der Waals surface area contributed by atoms with Gasteiger partial charge in [0.15, 0.2) is 0 Å². The van der Waals surface area contributed by atoms with Crippen molar-refractivity contribution in [3.05, 3.63) is 69.8 Å². The molecule has 2 aliphatic rings. The van der Waals surface area contributed by atoms with Gasteiger partial charge in [-0.1, -0.05) is 30.0 Å². The second-order valence-electron chi connectivity index (χ2n) is 11.0. The predicted molar refractivity (Wildman–Crippen MR) is 163 cm³/mol. The van der Waals surface area contributed by atoms with Crippen LogP contribution in [0.25, 0.3) is 0 Å². The summed E-state index contributed by atoms with van der Waals surface area (Å²) in [6.07, 6.45) is -9.73. The smallest absolute Gasteiger partial charge is 0.395 e. The van der Waals surface area contributed by atoms with Gasteiger partial charge in [-0.3, -0.25) is 14.6 Å². The lowest BCUT2D eigenvalue weighted by Crippen LogP contribution is -2.56. The third-order valence-electron chi connectivity index (χ3n) is 7.98. The van der Waals surface area contributed by atoms with Crippen molar-refractivity contribution < 1.29 is 41.0 Å². The van der Waals surface area contributed by atoms with Crippen LogP contribution in [0.2, 0.25) is 0 Å². The molecule has 0 unspecified atom stereocenters. The number of alkyl halides is 6. The highest BCUT2D eigenvalue weighted by Crippen LogP contribution is 2.37. The van der Waals surface area contributed by atoms with Crippen molar-refractivity contribution in [2.24, 2.45) is 0 Å². The SMILES string of the molecule is Cc1ccc(C[C@@H]2CN(CC#CCN3CCOC[C@@H]3CO)CCN2C(=O)c2cc(C(F)(F)F)cc(C(F)(F)F)c2)cc1C.Cl.Cl. The summed E-state index contributed by atoms with van der Waals surface area (Å²) in [7, 11) is 0. The Bertz CT molecular complexity index is 1330. The summed E-state index contributed by atoms with van der Waals surface area (Å²) in [5.41, 5.74) is -0.677. The zero-order chi connectivity index (χ0) is 31.4. The van der Waals surface area contributed by atoms with Crippen LogP contribution < -0.4 is 0 Å². The molecule has 0 saturated carbocycles. The molecule has 2 atom stereocenters. The quantitative estimate of drug-likeness (QED) is 0.333. The molecule has 0 spiro atoms. The van der Waals surface area contributed by atoms with E-state index < -0.39 is 41.0 Å². The van der Waals surface area contributed by atoms with Gasteiger partial charge in [0.1, 0.15) is 0 Å². The highest BCUT2D eigenvalue weighted by atomic mass is 35.5. The molecule has 2 fully saturated rings. The second-order valence-corrected chi connectivity index (χ2v) is 11.0. The first-order valence-electron chi connectivity index (χ1n) is 14.0. The minimum absolute atomic E-state index is 0. The van der Waals surface area contributed by atoms with Crippen molar-refractivity contribution in [2.45, 2.75) is 44.7 Å². The van der Waals surface area contributed by atoms with Crippen LogP contribution in [-0.2, 0) is 23.5 Å². The van der Waals surface area contributed by atoms with Crippen molar-refractivity contribution in [1.82, 2.24) is 14.7 Å². The van der Waals surface area contributed by atoms with Gasteiger partial charge in [0.25, 0.3) is 5.91 Å². The van der Waals surface area contributed by atoms with Crippen molar-refractivity contribution >= 4 is 30.7 Å². The van der Waals surface area contributed by atoms with Gasteiger partial charge in [-0.05, 0) is 55.2 Å². The number of amides is 1. The predicted octanol–water partition coefficient (Wildman–Crippen LogP) is 5.25. The number of aliphatic hydroxyl groups is 1. The van der Waals surface area contributed by atoms with E-state index in [0.717, 1.165) is 16.7 Å². The van der Waals surface area contributed by atoms with Crippen LogP contribution in [0.5, 0.6) is 0 Å². The van der Waals surface area contributed by atoms with Gasteiger partial charge in [-0.25, -0.2) is 0 Å². The number of ether oxygens (including phenoxy) is 1. The van der Waals surface area contributed by atoms with E-state index in [2.05, 4.69) is 11.8 Å². The Morgan fingerprint density at radius 2 is 1.53 bits per heavy atom. The van der Waals surface area contributed by atoms with Crippen LogP contribution >= 0.6 is 24.8 Å². The Morgan fingerprint density at radius 1 is 0.889 bits per heavy atom. The van der Waals surface area contributed by atoms with Gasteiger partial charge in [0.05, 0.1) is 50.1 Å². The van der Waals surface area contributed by atoms with Crippen LogP contribution in [0.3, 0.4) is 0 Å². The number of carbonyl (C=O) groups excluding carboxylic acids is 1. The van der Waals surface area contributed by atoms with Gasteiger partial charge in [-0.2, -0.15) is 26.3 Å². The van der Waals surface area contributed by atoms with Gasteiger partial charge in [0, 0.05) is 37.8 Å². The molecule has 2 aromatic carbocycles. The Labute approximate surface area is 271 Å². The first-order valence-corrected chi connectivity index (χ1v) is 14.0. The number of carbonyl (C=O) groups is 1. The average Bonchev–Trinajstić information content (AvgIpc) is 2.96. The van der Waals surface area contributed by atoms with Crippen LogP contribution in [0.1, 0.15) is 38.2 Å². The minimum Gasteiger partial charge on any atom is -0.395 e. The van der Waals surface area contributed by atoms with E-state index in [4.69, 9.17) is 4.74 Å². The first kappa shape index (κ1) is 38.7. The monoisotopic (exact) mass is 683 g/mol. The number of morpholine rings is 1. The van der Waals surface area contributed by atoms with E-state index >= 15 is 0 Å². The van der Waals surface area contributed by atoms with E-state index in [-0.39, 0.29) is 50.1 Å². The van der Waals surface area contributed by atoms with Gasteiger partial charge < -0.3 is 14.7 Å². The van der Waals surface area contributed by atoms with Crippen molar-refractivity contribution in [1.29, 1.82) is 0 Å². The molecule has 2 aromatic rings. The average molecular weight is 685 g/mol. The van der Waals surface area contributed by atoms with E-state index in [1.54, 1.807) is 0 Å². The number of hydrogen-bond donors (Lipinski definition) is 1. The van der Waals surface area contributed by atoms with Crippen molar-refractivity contribution in [2.75, 3.05) is 59.1 Å². The number of nitrogens with zero attached hydrogens (tertiary/aromatic N) is 3. The number of aryl methyl sites for hydroxylation is 2. The molecule has 1 amide bonds. The zero-order valence-corrected chi connectivity index (χ0v) is 26.5. The number of hydrogen-bond acceptors (Lipinski definition) is 5. The molecule has 2 aliphatic heterocycles. The normalized spacial score (nSPS) is 19.6. The Morgan fingerprint density at radius 3 is 2.13 bits per heavy atom. The lowest BCUT2D eigenvalue weighted by atomic mass is 9.97. The third-order valence-corrected chi connectivity index (χ3v) is 7.98. The molecule has 6 nitrogen and oxygen atoms in total. The number of aliphatic hydroxyl groups excluding tert-OH is 1. The topological polar surface area (TPSA) is 56.2 Å². The number of benzene rings is 2. The molecule has 0 aliphatic carbocycles. The fourth-order valence-electron chi connectivity index (χ4n) is 5.34. The Hall–Kier alpha value is -2.53. The highest BCUT2D eigenvalue weighted by molar-refractivity contribution is 5.95. The van der Waals surface area contributed by atoms with E-state index in [9.17, 15) is 36.2 Å². The summed E-state index contributed by atoms with van der Waals surface area (Å²) < 4.78 is 86.4. The summed E-state index contributed by atoms with van der Waals surface area (Å²) in [6.45, 7) is 7.17. The molecule has 2 saturated heterocycles. The fraction of sp³-hybridized carbons (Fsp3) is 0.516. The van der Waals surface area contributed by atoms with E-state index in [1.807, 2.05) is 41.8 Å². The van der Waals surface area contributed by atoms with Crippen LogP contribution in [0.15, 0.2) is 36.4 Å². The van der Waals surface area contributed by atoms with Crippen LogP contribution in [-0.4, -0.2) is 96.9 Å². The molecule has 1 N–H and O–H groups in total. The van der Waals surface area contributed by atoms with E-state index in [1.165, 1.54) is 4.90 Å². The number of halogens is 8. The molecule has 2 heterocycles. The molecule has 14 heteroatoms. The highest BCUT2D eigenvalue weighted by Gasteiger charge is 2.39. The van der Waals surface area contributed by atoms with Crippen LogP contribution in [0, 0.1) is 25.7 Å². The molecular formula is C31H37Cl2F6N3O3. The largest absolute Gasteiger partial charge is 0.416 e. The molecule has 0 aromatic heterocycles. The van der Waals surface area contributed by atoms with Gasteiger partial charge in [-0.15, -0.1) is 24.8 Å². The second kappa shape index (κ2) is 16.3. The maximum atomic E-state index is 13.6. The van der Waals surface area contributed by atoms with Gasteiger partial charge in [0.2, 0.25) is 0 Å². The summed E-state index contributed by atoms with van der Waals surface area (Å²) in [5.74, 6) is 5.37. The maximum absolute atomic E-state index is 13.6. The molecule has 45 heavy (non-hydrogen) atoms. The third kappa shape index (κ3) is 10.2.